The molecule has 1 fully saturated rings. The van der Waals surface area contributed by atoms with Crippen LogP contribution in [0.3, 0.4) is 0 Å². The summed E-state index contributed by atoms with van der Waals surface area (Å²) in [6, 6.07) is 11.5. The quantitative estimate of drug-likeness (QED) is 0.136. The van der Waals surface area contributed by atoms with E-state index in [9.17, 15) is 0 Å². The van der Waals surface area contributed by atoms with Crippen LogP contribution in [0.15, 0.2) is 47.5 Å². The number of halogens is 1. The molecule has 0 radical (unpaired) electrons. The highest BCUT2D eigenvalue weighted by Crippen LogP contribution is 2.40. The second-order valence-electron chi connectivity index (χ2n) is 10.6. The van der Waals surface area contributed by atoms with Gasteiger partial charge in [0.2, 0.25) is 17.7 Å². The van der Waals surface area contributed by atoms with Crippen LogP contribution in [0.4, 0.5) is 11.6 Å². The van der Waals surface area contributed by atoms with Crippen LogP contribution in [0.5, 0.6) is 17.5 Å². The zero-order valence-electron chi connectivity index (χ0n) is 25.5. The summed E-state index contributed by atoms with van der Waals surface area (Å²) < 4.78 is 15.6. The summed E-state index contributed by atoms with van der Waals surface area (Å²) in [4.78, 5) is 19.6. The number of hydrogen-bond donors (Lipinski definition) is 3. The Morgan fingerprint density at radius 1 is 1.12 bits per heavy atom. The standard InChI is InChI=1S/C31H41ClN8O2S/c1-6-23-29(24-9-7-12-27(35-24)41-18-13-21(2)3)36-31(38-43-22(19-33)20-34-4)37-30(23)42-26-11-8-10-25(28(26)32)40-16-14-39(5)15-17-40/h7-12,19-21,33-34H,6,13-18H2,1-5H3,(H,36,37,38)/b22-20+,33-19?. The highest BCUT2D eigenvalue weighted by molar-refractivity contribution is 8.05. The lowest BCUT2D eigenvalue weighted by molar-refractivity contribution is 0.279. The molecule has 0 amide bonds. The Kier molecular flexibility index (Phi) is 11.9. The molecule has 12 heteroatoms. The van der Waals surface area contributed by atoms with Crippen molar-refractivity contribution in [1.82, 2.24) is 25.2 Å². The minimum absolute atomic E-state index is 0.315. The zero-order chi connectivity index (χ0) is 30.8. The van der Waals surface area contributed by atoms with E-state index in [1.54, 1.807) is 13.2 Å². The first kappa shape index (κ1) is 32.4. The number of ether oxygens (including phenoxy) is 2. The molecule has 0 atom stereocenters. The van der Waals surface area contributed by atoms with Gasteiger partial charge in [0.15, 0.2) is 0 Å². The number of allylic oxidation sites excluding steroid dienone is 1. The van der Waals surface area contributed by atoms with Gasteiger partial charge in [-0.15, -0.1) is 0 Å². The molecule has 1 aliphatic rings. The van der Waals surface area contributed by atoms with Gasteiger partial charge in [-0.25, -0.2) is 9.97 Å². The molecular formula is C31H41ClN8O2S. The first-order valence-electron chi connectivity index (χ1n) is 14.5. The van der Waals surface area contributed by atoms with Crippen molar-refractivity contribution in [2.45, 2.75) is 33.6 Å². The van der Waals surface area contributed by atoms with Gasteiger partial charge >= 0.3 is 0 Å². The van der Waals surface area contributed by atoms with Gasteiger partial charge in [-0.2, -0.15) is 4.98 Å². The first-order valence-corrected chi connectivity index (χ1v) is 15.7. The maximum Gasteiger partial charge on any atom is 0.237 e. The van der Waals surface area contributed by atoms with Crippen LogP contribution in [0.2, 0.25) is 5.02 Å². The molecule has 0 bridgehead atoms. The van der Waals surface area contributed by atoms with Crippen molar-refractivity contribution in [3.63, 3.8) is 0 Å². The van der Waals surface area contributed by atoms with E-state index < -0.39 is 0 Å². The molecule has 1 saturated heterocycles. The van der Waals surface area contributed by atoms with Crippen molar-refractivity contribution >= 4 is 41.4 Å². The van der Waals surface area contributed by atoms with Crippen molar-refractivity contribution in [1.29, 1.82) is 5.41 Å². The van der Waals surface area contributed by atoms with E-state index in [0.29, 0.717) is 63.7 Å². The Hall–Kier alpha value is -3.54. The van der Waals surface area contributed by atoms with Crippen LogP contribution in [0.1, 0.15) is 32.8 Å². The molecular weight excluding hydrogens is 584 g/mol. The predicted octanol–water partition coefficient (Wildman–Crippen LogP) is 6.49. The van der Waals surface area contributed by atoms with Crippen LogP contribution in [0.25, 0.3) is 11.4 Å². The molecule has 0 unspecified atom stereocenters. The van der Waals surface area contributed by atoms with Gasteiger partial charge in [-0.1, -0.05) is 44.5 Å². The molecule has 0 saturated carbocycles. The Bertz CT molecular complexity index is 1410. The Labute approximate surface area is 263 Å². The van der Waals surface area contributed by atoms with Crippen LogP contribution in [-0.2, 0) is 6.42 Å². The van der Waals surface area contributed by atoms with Gasteiger partial charge in [-0.3, -0.25) is 4.72 Å². The molecule has 3 heterocycles. The normalized spacial score (nSPS) is 14.1. The summed E-state index contributed by atoms with van der Waals surface area (Å²) in [7, 11) is 3.91. The largest absolute Gasteiger partial charge is 0.478 e. The molecule has 10 nitrogen and oxygen atoms in total. The maximum atomic E-state index is 7.70. The lowest BCUT2D eigenvalue weighted by Gasteiger charge is -2.34. The van der Waals surface area contributed by atoms with E-state index in [1.165, 1.54) is 18.2 Å². The summed E-state index contributed by atoms with van der Waals surface area (Å²) in [5.74, 6) is 2.29. The number of piperazine rings is 1. The monoisotopic (exact) mass is 624 g/mol. The van der Waals surface area contributed by atoms with E-state index in [4.69, 9.17) is 41.4 Å². The SMILES string of the molecule is CCc1c(Oc2cccc(N3CCN(C)CC3)c2Cl)nc(NS/C(C=N)=C/NC)nc1-c1cccc(OCCC(C)C)n1. The number of aromatic nitrogens is 3. The Morgan fingerprint density at radius 3 is 2.58 bits per heavy atom. The number of hydrogen-bond acceptors (Lipinski definition) is 11. The fourth-order valence-corrected chi connectivity index (χ4v) is 5.29. The second kappa shape index (κ2) is 15.8. The van der Waals surface area contributed by atoms with Crippen LogP contribution in [0, 0.1) is 11.3 Å². The summed E-state index contributed by atoms with van der Waals surface area (Å²) in [6.07, 6.45) is 4.49. The molecule has 2 aromatic heterocycles. The number of benzene rings is 1. The number of anilines is 2. The summed E-state index contributed by atoms with van der Waals surface area (Å²) in [5.41, 5.74) is 3.01. The van der Waals surface area contributed by atoms with Crippen molar-refractivity contribution in [2.24, 2.45) is 5.92 Å². The maximum absolute atomic E-state index is 7.70. The van der Waals surface area contributed by atoms with Gasteiger partial charge in [0, 0.05) is 57.3 Å². The molecule has 1 aliphatic heterocycles. The van der Waals surface area contributed by atoms with Gasteiger partial charge in [0.05, 0.1) is 22.9 Å². The average molecular weight is 625 g/mol. The van der Waals surface area contributed by atoms with Crippen molar-refractivity contribution in [2.75, 3.05) is 56.5 Å². The minimum Gasteiger partial charge on any atom is -0.478 e. The van der Waals surface area contributed by atoms with Crippen LogP contribution in [-0.4, -0.2) is 72.9 Å². The van der Waals surface area contributed by atoms with E-state index in [0.717, 1.165) is 43.9 Å². The van der Waals surface area contributed by atoms with Crippen molar-refractivity contribution < 1.29 is 9.47 Å². The third-order valence-corrected chi connectivity index (χ3v) is 8.05. The van der Waals surface area contributed by atoms with Crippen molar-refractivity contribution in [3.05, 3.63) is 58.1 Å². The number of likely N-dealkylation sites (N-methyl/N-ethyl adjacent to an activating group) is 1. The van der Waals surface area contributed by atoms with Gasteiger partial charge in [-0.05, 0) is 56.0 Å². The van der Waals surface area contributed by atoms with Crippen LogP contribution >= 0.6 is 23.5 Å². The third-order valence-electron chi connectivity index (χ3n) is 6.92. The lowest BCUT2D eigenvalue weighted by atomic mass is 10.1. The average Bonchev–Trinajstić information content (AvgIpc) is 3.00. The van der Waals surface area contributed by atoms with E-state index in [1.807, 2.05) is 43.3 Å². The first-order chi connectivity index (χ1) is 20.8. The summed E-state index contributed by atoms with van der Waals surface area (Å²) >= 11 is 8.17. The highest BCUT2D eigenvalue weighted by Gasteiger charge is 2.22. The molecule has 4 rings (SSSR count). The molecule has 230 valence electrons. The zero-order valence-corrected chi connectivity index (χ0v) is 27.1. The smallest absolute Gasteiger partial charge is 0.237 e. The predicted molar refractivity (Wildman–Crippen MR) is 178 cm³/mol. The fraction of sp³-hybridized carbons (Fsp3) is 0.419. The third kappa shape index (κ3) is 8.75. The topological polar surface area (TPSA) is 112 Å². The van der Waals surface area contributed by atoms with Crippen molar-refractivity contribution in [3.8, 4) is 28.9 Å². The Balaban J connectivity index is 1.72. The van der Waals surface area contributed by atoms with E-state index in [-0.39, 0.29) is 0 Å². The number of nitrogens with zero attached hydrogens (tertiary/aromatic N) is 5. The van der Waals surface area contributed by atoms with Crippen LogP contribution < -0.4 is 24.4 Å². The van der Waals surface area contributed by atoms with Gasteiger partial charge < -0.3 is 30.0 Å². The van der Waals surface area contributed by atoms with E-state index in [2.05, 4.69) is 40.7 Å². The van der Waals surface area contributed by atoms with E-state index >= 15 is 0 Å². The lowest BCUT2D eigenvalue weighted by Crippen LogP contribution is -2.44. The summed E-state index contributed by atoms with van der Waals surface area (Å²) in [6.45, 7) is 10.7. The number of rotatable bonds is 14. The molecule has 43 heavy (non-hydrogen) atoms. The molecule has 0 spiro atoms. The van der Waals surface area contributed by atoms with Gasteiger partial charge in [0.1, 0.15) is 16.5 Å². The highest BCUT2D eigenvalue weighted by atomic mass is 35.5. The molecule has 1 aromatic carbocycles. The molecule has 3 aromatic rings. The molecule has 0 aliphatic carbocycles. The summed E-state index contributed by atoms with van der Waals surface area (Å²) in [5, 5.41) is 11.2. The molecule has 3 N–H and O–H groups in total. The Morgan fingerprint density at radius 2 is 1.88 bits per heavy atom. The minimum atomic E-state index is 0.315. The number of nitrogens with one attached hydrogen (secondary N) is 3. The second-order valence-corrected chi connectivity index (χ2v) is 11.8. The van der Waals surface area contributed by atoms with Gasteiger partial charge in [0.25, 0.3) is 0 Å². The fourth-order valence-electron chi connectivity index (χ4n) is 4.47. The number of pyridine rings is 1.